The predicted molar refractivity (Wildman–Crippen MR) is 151 cm³/mol. The SMILES string of the molecule is C#C[C@@]1(F)[C@H](O)[C@@H](COP(=O)(N[C@H](C)C(=O)OC(C)C)Oc2ccccc2)O[C@H]1n1cnc2c(N(C)C)nc(N)nc21. The smallest absolute Gasteiger partial charge is 0.459 e. The molecule has 1 fully saturated rings. The zero-order chi connectivity index (χ0) is 30.8. The molecule has 0 spiro atoms. The molecule has 0 radical (unpaired) electrons. The Balaban J connectivity index is 1.61. The zero-order valence-corrected chi connectivity index (χ0v) is 24.6. The number of alkyl halides is 1. The van der Waals surface area contributed by atoms with Crippen molar-refractivity contribution in [2.45, 2.75) is 57.0 Å². The molecule has 14 nitrogen and oxygen atoms in total. The third kappa shape index (κ3) is 6.33. The number of aromatic nitrogens is 4. The van der Waals surface area contributed by atoms with Crippen LogP contribution < -0.4 is 20.2 Å². The zero-order valence-electron chi connectivity index (χ0n) is 23.7. The minimum atomic E-state index is -4.34. The van der Waals surface area contributed by atoms with Crippen LogP contribution in [0.3, 0.4) is 0 Å². The van der Waals surface area contributed by atoms with Crippen LogP contribution in [0.2, 0.25) is 0 Å². The van der Waals surface area contributed by atoms with Crippen LogP contribution in [0.5, 0.6) is 5.75 Å². The van der Waals surface area contributed by atoms with E-state index in [9.17, 15) is 14.5 Å². The number of para-hydroxylation sites is 1. The van der Waals surface area contributed by atoms with Gasteiger partial charge in [0.1, 0.15) is 24.0 Å². The molecule has 1 aromatic carbocycles. The highest BCUT2D eigenvalue weighted by Gasteiger charge is 2.58. The van der Waals surface area contributed by atoms with Gasteiger partial charge in [-0.1, -0.05) is 24.1 Å². The Hall–Kier alpha value is -3.80. The molecule has 42 heavy (non-hydrogen) atoms. The highest BCUT2D eigenvalue weighted by molar-refractivity contribution is 7.52. The Bertz CT molecular complexity index is 1520. The average Bonchev–Trinajstić information content (AvgIpc) is 3.45. The van der Waals surface area contributed by atoms with Gasteiger partial charge in [-0.05, 0) is 32.9 Å². The summed E-state index contributed by atoms with van der Waals surface area (Å²) in [5.74, 6) is 1.69. The standard InChI is InChI=1S/C26H33FN7O7P/c1-7-26(27)20(35)18(40-24(26)34-14-29-19-21(33(5)6)30-25(28)31-22(19)34)13-38-42(37,41-17-11-9-8-10-12-17)32-16(4)23(36)39-15(2)3/h1,8-12,14-16,18,20,24,35H,13H2,2-6H3,(H,32,37)(H2,28,30,31)/t16-,18-,20-,24-,26-,42?/m1/s1. The number of esters is 1. The number of nitrogen functional groups attached to an aromatic ring is 1. The highest BCUT2D eigenvalue weighted by atomic mass is 31.2. The number of benzene rings is 1. The van der Waals surface area contributed by atoms with E-state index in [1.54, 1.807) is 51.0 Å². The fraction of sp³-hybridized carbons (Fsp3) is 0.462. The average molecular weight is 606 g/mol. The summed E-state index contributed by atoms with van der Waals surface area (Å²) in [6, 6.07) is 6.93. The number of carbonyl (C=O) groups is 1. The molecule has 16 heteroatoms. The number of fused-ring (bicyclic) bond motifs is 1. The summed E-state index contributed by atoms with van der Waals surface area (Å²) in [4.78, 5) is 26.7. The van der Waals surface area contributed by atoms with E-state index in [0.717, 1.165) is 0 Å². The molecule has 0 amide bonds. The molecule has 1 aliphatic heterocycles. The number of carbonyl (C=O) groups excluding carboxylic acids is 1. The molecule has 6 atom stereocenters. The van der Waals surface area contributed by atoms with Crippen LogP contribution in [0.4, 0.5) is 16.2 Å². The molecule has 3 heterocycles. The number of nitrogens with zero attached hydrogens (tertiary/aromatic N) is 5. The van der Waals surface area contributed by atoms with Crippen LogP contribution in [0.1, 0.15) is 27.0 Å². The van der Waals surface area contributed by atoms with Crippen LogP contribution in [0.25, 0.3) is 11.2 Å². The number of hydrogen-bond donors (Lipinski definition) is 3. The van der Waals surface area contributed by atoms with Crippen molar-refractivity contribution in [3.8, 4) is 18.1 Å². The van der Waals surface area contributed by atoms with E-state index >= 15 is 4.39 Å². The number of aliphatic hydroxyl groups is 1. The Kier molecular flexibility index (Phi) is 9.05. The van der Waals surface area contributed by atoms with E-state index in [1.165, 1.54) is 30.0 Å². The van der Waals surface area contributed by atoms with Crippen molar-refractivity contribution in [1.82, 2.24) is 24.6 Å². The molecular formula is C26H33FN7O7P. The molecular weight excluding hydrogens is 572 g/mol. The highest BCUT2D eigenvalue weighted by Crippen LogP contribution is 2.48. The number of terminal acetylenes is 1. The monoisotopic (exact) mass is 605 g/mol. The Labute approximate surface area is 241 Å². The third-order valence-corrected chi connectivity index (χ3v) is 7.84. The van der Waals surface area contributed by atoms with Gasteiger partial charge in [-0.3, -0.25) is 13.9 Å². The van der Waals surface area contributed by atoms with Gasteiger partial charge in [0.15, 0.2) is 23.2 Å². The number of halogens is 1. The van der Waals surface area contributed by atoms with Gasteiger partial charge in [0.25, 0.3) is 0 Å². The van der Waals surface area contributed by atoms with Crippen LogP contribution in [0.15, 0.2) is 36.7 Å². The lowest BCUT2D eigenvalue weighted by atomic mass is 9.97. The first kappa shape index (κ1) is 31.1. The van der Waals surface area contributed by atoms with Gasteiger partial charge < -0.3 is 29.7 Å². The number of anilines is 2. The van der Waals surface area contributed by atoms with E-state index in [1.807, 2.05) is 5.92 Å². The Morgan fingerprint density at radius 2 is 2.02 bits per heavy atom. The number of hydrogen-bond acceptors (Lipinski definition) is 12. The van der Waals surface area contributed by atoms with Gasteiger partial charge in [0, 0.05) is 14.1 Å². The lowest BCUT2D eigenvalue weighted by Gasteiger charge is -2.25. The first-order valence-corrected chi connectivity index (χ1v) is 14.5. The predicted octanol–water partition coefficient (Wildman–Crippen LogP) is 2.21. The first-order chi connectivity index (χ1) is 19.8. The van der Waals surface area contributed by atoms with Crippen molar-refractivity contribution in [3.05, 3.63) is 36.7 Å². The summed E-state index contributed by atoms with van der Waals surface area (Å²) >= 11 is 0. The molecule has 1 unspecified atom stereocenters. The fourth-order valence-electron chi connectivity index (χ4n) is 4.22. The molecule has 0 saturated carbocycles. The van der Waals surface area contributed by atoms with E-state index in [0.29, 0.717) is 11.3 Å². The minimum absolute atomic E-state index is 0.105. The minimum Gasteiger partial charge on any atom is -0.462 e. The molecule has 226 valence electrons. The summed E-state index contributed by atoms with van der Waals surface area (Å²) < 4.78 is 53.4. The number of imidazole rings is 1. The van der Waals surface area contributed by atoms with Gasteiger partial charge in [-0.15, -0.1) is 6.42 Å². The van der Waals surface area contributed by atoms with Gasteiger partial charge in [0.05, 0.1) is 19.0 Å². The summed E-state index contributed by atoms with van der Waals surface area (Å²) in [7, 11) is -0.905. The molecule has 0 aliphatic carbocycles. The second kappa shape index (κ2) is 12.2. The lowest BCUT2D eigenvalue weighted by molar-refractivity contribution is -0.149. The quantitative estimate of drug-likeness (QED) is 0.165. The van der Waals surface area contributed by atoms with Gasteiger partial charge in [0.2, 0.25) is 11.6 Å². The summed E-state index contributed by atoms with van der Waals surface area (Å²) in [6.07, 6.45) is 1.36. The van der Waals surface area contributed by atoms with Gasteiger partial charge in [-0.2, -0.15) is 15.1 Å². The number of rotatable bonds is 11. The molecule has 1 aliphatic rings. The van der Waals surface area contributed by atoms with E-state index in [4.69, 9.17) is 30.7 Å². The summed E-state index contributed by atoms with van der Waals surface area (Å²) in [5, 5.41) is 13.5. The molecule has 4 N–H and O–H groups in total. The Morgan fingerprint density at radius 3 is 2.64 bits per heavy atom. The maximum absolute atomic E-state index is 16.2. The Morgan fingerprint density at radius 1 is 1.33 bits per heavy atom. The van der Waals surface area contributed by atoms with Crippen LogP contribution >= 0.6 is 7.75 Å². The van der Waals surface area contributed by atoms with Crippen molar-refractivity contribution in [2.24, 2.45) is 0 Å². The number of ether oxygens (including phenoxy) is 2. The van der Waals surface area contributed by atoms with E-state index in [2.05, 4.69) is 20.0 Å². The first-order valence-electron chi connectivity index (χ1n) is 12.9. The third-order valence-electron chi connectivity index (χ3n) is 6.20. The van der Waals surface area contributed by atoms with Crippen molar-refractivity contribution < 1.29 is 37.4 Å². The van der Waals surface area contributed by atoms with Gasteiger partial charge >= 0.3 is 13.7 Å². The number of aliphatic hydroxyl groups excluding tert-OH is 1. The lowest BCUT2D eigenvalue weighted by Crippen LogP contribution is -2.42. The van der Waals surface area contributed by atoms with Gasteiger partial charge in [-0.25, -0.2) is 13.9 Å². The van der Waals surface area contributed by atoms with Crippen molar-refractivity contribution >= 4 is 36.6 Å². The van der Waals surface area contributed by atoms with E-state index < -0.39 is 56.6 Å². The van der Waals surface area contributed by atoms with Crippen molar-refractivity contribution in [2.75, 3.05) is 31.3 Å². The topological polar surface area (TPSA) is 176 Å². The molecule has 2 aromatic heterocycles. The number of nitrogens with one attached hydrogen (secondary N) is 1. The maximum atomic E-state index is 16.2. The van der Waals surface area contributed by atoms with Crippen LogP contribution in [0, 0.1) is 12.3 Å². The largest absolute Gasteiger partial charge is 0.462 e. The molecule has 0 bridgehead atoms. The van der Waals surface area contributed by atoms with E-state index in [-0.39, 0.29) is 17.3 Å². The maximum Gasteiger partial charge on any atom is 0.459 e. The molecule has 1 saturated heterocycles. The summed E-state index contributed by atoms with van der Waals surface area (Å²) in [6.45, 7) is 4.09. The second-order valence-corrected chi connectivity index (χ2v) is 11.7. The normalized spacial score (nSPS) is 24.2. The van der Waals surface area contributed by atoms with Crippen molar-refractivity contribution in [3.63, 3.8) is 0 Å². The van der Waals surface area contributed by atoms with Crippen LogP contribution in [-0.2, 0) is 23.4 Å². The second-order valence-electron chi connectivity index (χ2n) is 10.0. The fourth-order valence-corrected chi connectivity index (χ4v) is 5.72. The number of nitrogens with two attached hydrogens (primary N) is 1. The van der Waals surface area contributed by atoms with Crippen molar-refractivity contribution in [1.29, 1.82) is 0 Å². The van der Waals surface area contributed by atoms with Crippen LogP contribution in [-0.4, -0.2) is 81.3 Å². The summed E-state index contributed by atoms with van der Waals surface area (Å²) in [5.41, 5.74) is 3.49. The molecule has 3 aromatic rings. The molecule has 4 rings (SSSR count).